The van der Waals surface area contributed by atoms with E-state index in [4.69, 9.17) is 4.74 Å². The van der Waals surface area contributed by atoms with Crippen molar-refractivity contribution < 1.29 is 22.7 Å². The molecule has 0 aliphatic carbocycles. The summed E-state index contributed by atoms with van der Waals surface area (Å²) >= 11 is 0. The molecular weight excluding hydrogens is 399 g/mol. The lowest BCUT2D eigenvalue weighted by Gasteiger charge is -2.29. The average Bonchev–Trinajstić information content (AvgIpc) is 3.20. The van der Waals surface area contributed by atoms with Crippen molar-refractivity contribution in [1.29, 1.82) is 0 Å². The van der Waals surface area contributed by atoms with Crippen LogP contribution in [0.2, 0.25) is 0 Å². The predicted molar refractivity (Wildman–Crippen MR) is 105 cm³/mol. The lowest BCUT2D eigenvalue weighted by molar-refractivity contribution is -0.123. The molecule has 10 heteroatoms. The summed E-state index contributed by atoms with van der Waals surface area (Å²) in [5.41, 5.74) is 2.77. The summed E-state index contributed by atoms with van der Waals surface area (Å²) < 4.78 is 44.4. The van der Waals surface area contributed by atoms with Gasteiger partial charge in [-0.25, -0.2) is 14.8 Å². The number of alkyl halides is 3. The van der Waals surface area contributed by atoms with Crippen LogP contribution in [0.25, 0.3) is 16.9 Å². The number of rotatable bonds is 6. The number of hydrogen-bond acceptors (Lipinski definition) is 4. The topological polar surface area (TPSA) is 71.8 Å². The van der Waals surface area contributed by atoms with E-state index in [1.165, 1.54) is 12.0 Å². The Balaban J connectivity index is 1.88. The first-order chi connectivity index (χ1) is 14.2. The van der Waals surface area contributed by atoms with Gasteiger partial charge in [-0.05, 0) is 25.5 Å². The van der Waals surface area contributed by atoms with Crippen LogP contribution < -0.4 is 10.1 Å². The van der Waals surface area contributed by atoms with Gasteiger partial charge >= 0.3 is 12.2 Å². The molecule has 1 aromatic carbocycles. The summed E-state index contributed by atoms with van der Waals surface area (Å²) in [6.07, 6.45) is 0.761. The van der Waals surface area contributed by atoms with Crippen LogP contribution in [-0.4, -0.2) is 51.7 Å². The Morgan fingerprint density at radius 3 is 2.80 bits per heavy atom. The minimum absolute atomic E-state index is 0.252. The van der Waals surface area contributed by atoms with Gasteiger partial charge in [-0.15, -0.1) is 0 Å². The van der Waals surface area contributed by atoms with Crippen molar-refractivity contribution in [3.05, 3.63) is 48.4 Å². The first kappa shape index (κ1) is 21.4. The molecule has 0 fully saturated rings. The molecule has 2 aromatic heterocycles. The van der Waals surface area contributed by atoms with Crippen LogP contribution in [0.4, 0.5) is 18.0 Å². The van der Waals surface area contributed by atoms with Crippen molar-refractivity contribution in [2.75, 3.05) is 20.2 Å². The molecule has 0 bridgehead atoms. The first-order valence-electron chi connectivity index (χ1n) is 9.32. The van der Waals surface area contributed by atoms with E-state index in [-0.39, 0.29) is 6.54 Å². The fourth-order valence-corrected chi connectivity index (χ4v) is 3.19. The third-order valence-electron chi connectivity index (χ3n) is 4.71. The van der Waals surface area contributed by atoms with Crippen LogP contribution in [0.1, 0.15) is 25.5 Å². The summed E-state index contributed by atoms with van der Waals surface area (Å²) in [6.45, 7) is 2.36. The molecule has 0 aliphatic heterocycles. The summed E-state index contributed by atoms with van der Waals surface area (Å²) in [6, 6.07) is 6.14. The minimum atomic E-state index is -4.46. The summed E-state index contributed by atoms with van der Waals surface area (Å²) in [5, 5.41) is 1.93. The van der Waals surface area contributed by atoms with Crippen LogP contribution in [0, 0.1) is 0 Å². The first-order valence-corrected chi connectivity index (χ1v) is 9.32. The lowest BCUT2D eigenvalue weighted by atomic mass is 10.0. The van der Waals surface area contributed by atoms with E-state index >= 15 is 0 Å². The SMILES string of the molecule is CCN(C(=O)NCC(F)(F)F)C(C)c1cccc(-c2cn3ccnc3c(OC)n2)c1. The van der Waals surface area contributed by atoms with Gasteiger partial charge in [0.2, 0.25) is 0 Å². The Morgan fingerprint density at radius 1 is 1.37 bits per heavy atom. The summed E-state index contributed by atoms with van der Waals surface area (Å²) in [7, 11) is 1.51. The van der Waals surface area contributed by atoms with Crippen molar-refractivity contribution in [3.8, 4) is 17.1 Å². The Kier molecular flexibility index (Phi) is 6.14. The van der Waals surface area contributed by atoms with Gasteiger partial charge in [-0.2, -0.15) is 13.2 Å². The van der Waals surface area contributed by atoms with Crippen LogP contribution in [0.5, 0.6) is 5.88 Å². The fourth-order valence-electron chi connectivity index (χ4n) is 3.19. The minimum Gasteiger partial charge on any atom is -0.478 e. The van der Waals surface area contributed by atoms with Gasteiger partial charge in [-0.1, -0.05) is 18.2 Å². The number of aromatic nitrogens is 3. The standard InChI is InChI=1S/C20H22F3N5O2/c1-4-28(19(29)25-12-20(21,22)23)13(2)14-6-5-7-15(10-14)16-11-27-9-8-24-17(27)18(26-16)30-3/h5-11,13H,4,12H2,1-3H3,(H,25,29). The maximum Gasteiger partial charge on any atom is 0.405 e. The monoisotopic (exact) mass is 421 g/mol. The van der Waals surface area contributed by atoms with Gasteiger partial charge in [0, 0.05) is 30.7 Å². The van der Waals surface area contributed by atoms with Gasteiger partial charge in [0.15, 0.2) is 5.65 Å². The van der Waals surface area contributed by atoms with E-state index in [9.17, 15) is 18.0 Å². The number of fused-ring (bicyclic) bond motifs is 1. The molecule has 1 N–H and O–H groups in total. The number of halogens is 3. The van der Waals surface area contributed by atoms with E-state index in [1.807, 2.05) is 35.8 Å². The van der Waals surface area contributed by atoms with Crippen LogP contribution in [-0.2, 0) is 0 Å². The van der Waals surface area contributed by atoms with E-state index in [1.54, 1.807) is 30.6 Å². The predicted octanol–water partition coefficient (Wildman–Crippen LogP) is 4.06. The van der Waals surface area contributed by atoms with Crippen molar-refractivity contribution in [1.82, 2.24) is 24.6 Å². The number of amides is 2. The number of imidazole rings is 1. The summed E-state index contributed by atoms with van der Waals surface area (Å²) in [5.74, 6) is 0.373. The van der Waals surface area contributed by atoms with Crippen molar-refractivity contribution >= 4 is 11.7 Å². The van der Waals surface area contributed by atoms with E-state index in [2.05, 4.69) is 9.97 Å². The Labute approximate surface area is 171 Å². The zero-order valence-corrected chi connectivity index (χ0v) is 16.8. The number of ether oxygens (including phenoxy) is 1. The van der Waals surface area contributed by atoms with Crippen LogP contribution in [0.15, 0.2) is 42.9 Å². The second kappa shape index (κ2) is 8.60. The third-order valence-corrected chi connectivity index (χ3v) is 4.71. The van der Waals surface area contributed by atoms with Gasteiger partial charge < -0.3 is 19.4 Å². The Hall–Kier alpha value is -3.30. The molecule has 1 atom stereocenters. The van der Waals surface area contributed by atoms with Gasteiger partial charge in [0.1, 0.15) is 6.54 Å². The molecule has 0 aliphatic rings. The Morgan fingerprint density at radius 2 is 2.13 bits per heavy atom. The summed E-state index contributed by atoms with van der Waals surface area (Å²) in [4.78, 5) is 22.3. The fraction of sp³-hybridized carbons (Fsp3) is 0.350. The van der Waals surface area contributed by atoms with E-state index in [0.29, 0.717) is 17.2 Å². The quantitative estimate of drug-likeness (QED) is 0.652. The molecule has 3 aromatic rings. The molecule has 30 heavy (non-hydrogen) atoms. The number of carbonyl (C=O) groups excluding carboxylic acids is 1. The second-order valence-electron chi connectivity index (χ2n) is 6.65. The molecular formula is C20H22F3N5O2. The highest BCUT2D eigenvalue weighted by atomic mass is 19.4. The number of nitrogens with zero attached hydrogens (tertiary/aromatic N) is 4. The maximum atomic E-state index is 12.4. The molecule has 0 saturated carbocycles. The van der Waals surface area contributed by atoms with Crippen LogP contribution in [0.3, 0.4) is 0 Å². The van der Waals surface area contributed by atoms with Gasteiger partial charge in [-0.3, -0.25) is 0 Å². The molecule has 7 nitrogen and oxygen atoms in total. The highest BCUT2D eigenvalue weighted by molar-refractivity contribution is 5.75. The smallest absolute Gasteiger partial charge is 0.405 e. The zero-order valence-electron chi connectivity index (χ0n) is 16.8. The molecule has 3 rings (SSSR count). The number of nitrogens with one attached hydrogen (secondary N) is 1. The average molecular weight is 421 g/mol. The van der Waals surface area contributed by atoms with Crippen LogP contribution >= 0.6 is 0 Å². The molecule has 1 unspecified atom stereocenters. The molecule has 160 valence electrons. The zero-order chi connectivity index (χ0) is 21.9. The number of hydrogen-bond donors (Lipinski definition) is 1. The molecule has 0 spiro atoms. The lowest BCUT2D eigenvalue weighted by Crippen LogP contribution is -2.44. The van der Waals surface area contributed by atoms with E-state index in [0.717, 1.165) is 11.1 Å². The molecule has 2 heterocycles. The number of benzene rings is 1. The maximum absolute atomic E-state index is 12.4. The van der Waals surface area contributed by atoms with Gasteiger partial charge in [0.25, 0.3) is 5.88 Å². The number of methoxy groups -OCH3 is 1. The molecule has 0 saturated heterocycles. The largest absolute Gasteiger partial charge is 0.478 e. The molecule has 0 radical (unpaired) electrons. The Bertz CT molecular complexity index is 1030. The number of urea groups is 1. The number of carbonyl (C=O) groups is 1. The van der Waals surface area contributed by atoms with Crippen molar-refractivity contribution in [2.24, 2.45) is 0 Å². The van der Waals surface area contributed by atoms with Crippen molar-refractivity contribution in [2.45, 2.75) is 26.1 Å². The molecule has 2 amide bonds. The highest BCUT2D eigenvalue weighted by Crippen LogP contribution is 2.27. The highest BCUT2D eigenvalue weighted by Gasteiger charge is 2.29. The van der Waals surface area contributed by atoms with Gasteiger partial charge in [0.05, 0.1) is 18.8 Å². The second-order valence-corrected chi connectivity index (χ2v) is 6.65. The van der Waals surface area contributed by atoms with Crippen molar-refractivity contribution in [3.63, 3.8) is 0 Å². The van der Waals surface area contributed by atoms with E-state index < -0.39 is 24.8 Å². The normalized spacial score (nSPS) is 12.6. The third kappa shape index (κ3) is 4.64.